The summed E-state index contributed by atoms with van der Waals surface area (Å²) in [5.74, 6) is 1.39. The number of ether oxygens (including phenoxy) is 3. The number of carbonyl (C=O) groups excluding carboxylic acids is 1. The molecule has 2 aromatic carbocycles. The van der Waals surface area contributed by atoms with Gasteiger partial charge in [0.1, 0.15) is 6.10 Å². The number of nitrogens with zero attached hydrogens (tertiary/aromatic N) is 1. The maximum atomic E-state index is 12.3. The highest BCUT2D eigenvalue weighted by Crippen LogP contribution is 2.30. The predicted octanol–water partition coefficient (Wildman–Crippen LogP) is 3.83. The molecule has 1 aliphatic heterocycles. The van der Waals surface area contributed by atoms with Crippen LogP contribution in [0.2, 0.25) is 0 Å². The van der Waals surface area contributed by atoms with Gasteiger partial charge in [0.2, 0.25) is 0 Å². The molecule has 3 rings (SSSR count). The van der Waals surface area contributed by atoms with E-state index in [1.807, 2.05) is 55.5 Å². The molecule has 0 bridgehead atoms. The average molecular weight is 341 g/mol. The minimum atomic E-state index is -0.262. The van der Waals surface area contributed by atoms with Crippen LogP contribution in [0.1, 0.15) is 24.2 Å². The summed E-state index contributed by atoms with van der Waals surface area (Å²) in [6.07, 6.45) is 0.250. The summed E-state index contributed by atoms with van der Waals surface area (Å²) in [5.41, 5.74) is 2.11. The molecule has 5 heteroatoms. The fourth-order valence-electron chi connectivity index (χ4n) is 3.14. The lowest BCUT2D eigenvalue weighted by Gasteiger charge is -2.22. The molecule has 0 aliphatic carbocycles. The van der Waals surface area contributed by atoms with Crippen molar-refractivity contribution in [3.63, 3.8) is 0 Å². The van der Waals surface area contributed by atoms with Crippen LogP contribution in [-0.2, 0) is 11.2 Å². The minimum Gasteiger partial charge on any atom is -0.493 e. The first-order valence-electron chi connectivity index (χ1n) is 8.35. The van der Waals surface area contributed by atoms with E-state index in [9.17, 15) is 4.79 Å². The Labute approximate surface area is 148 Å². The predicted molar refractivity (Wildman–Crippen MR) is 95.1 cm³/mol. The number of cyclic esters (lactones) is 1. The summed E-state index contributed by atoms with van der Waals surface area (Å²) in [4.78, 5) is 14.1. The van der Waals surface area contributed by atoms with Gasteiger partial charge in [0.25, 0.3) is 0 Å². The van der Waals surface area contributed by atoms with Crippen LogP contribution in [0, 0.1) is 0 Å². The molecule has 0 spiro atoms. The van der Waals surface area contributed by atoms with E-state index < -0.39 is 0 Å². The van der Waals surface area contributed by atoms with Crippen molar-refractivity contribution in [3.05, 3.63) is 59.7 Å². The first-order valence-corrected chi connectivity index (χ1v) is 8.35. The Hall–Kier alpha value is -2.69. The Balaban J connectivity index is 1.69. The lowest BCUT2D eigenvalue weighted by Crippen LogP contribution is -2.35. The van der Waals surface area contributed by atoms with Crippen LogP contribution < -0.4 is 9.47 Å². The van der Waals surface area contributed by atoms with Crippen molar-refractivity contribution >= 4 is 6.09 Å². The molecule has 1 aliphatic rings. The van der Waals surface area contributed by atoms with Gasteiger partial charge in [-0.15, -0.1) is 0 Å². The van der Waals surface area contributed by atoms with Gasteiger partial charge in [-0.2, -0.15) is 0 Å². The SMILES string of the molecule is COc1ccc(CC(C)N2CC(c3ccccc3)OC2=O)cc1OC. The quantitative estimate of drug-likeness (QED) is 0.801. The van der Waals surface area contributed by atoms with Crippen LogP contribution in [0.15, 0.2) is 48.5 Å². The van der Waals surface area contributed by atoms with Gasteiger partial charge in [0, 0.05) is 6.04 Å². The molecule has 1 amide bonds. The van der Waals surface area contributed by atoms with E-state index >= 15 is 0 Å². The van der Waals surface area contributed by atoms with Crippen LogP contribution in [0.25, 0.3) is 0 Å². The van der Waals surface area contributed by atoms with E-state index in [4.69, 9.17) is 14.2 Å². The maximum Gasteiger partial charge on any atom is 0.410 e. The third-order valence-corrected chi connectivity index (χ3v) is 4.52. The zero-order chi connectivity index (χ0) is 17.8. The fourth-order valence-corrected chi connectivity index (χ4v) is 3.14. The van der Waals surface area contributed by atoms with E-state index in [1.54, 1.807) is 19.1 Å². The Morgan fingerprint density at radius 1 is 1.12 bits per heavy atom. The zero-order valence-electron chi connectivity index (χ0n) is 14.8. The van der Waals surface area contributed by atoms with Crippen molar-refractivity contribution < 1.29 is 19.0 Å². The van der Waals surface area contributed by atoms with Gasteiger partial charge < -0.3 is 19.1 Å². The molecule has 0 N–H and O–H groups in total. The van der Waals surface area contributed by atoms with Crippen LogP contribution in [0.5, 0.6) is 11.5 Å². The molecule has 0 saturated carbocycles. The number of benzene rings is 2. The summed E-state index contributed by atoms with van der Waals surface area (Å²) in [7, 11) is 3.23. The van der Waals surface area contributed by atoms with Gasteiger partial charge in [-0.3, -0.25) is 0 Å². The van der Waals surface area contributed by atoms with Crippen LogP contribution >= 0.6 is 0 Å². The molecule has 0 aromatic heterocycles. The number of hydrogen-bond acceptors (Lipinski definition) is 4. The molecule has 1 heterocycles. The lowest BCUT2D eigenvalue weighted by atomic mass is 10.0. The van der Waals surface area contributed by atoms with E-state index in [-0.39, 0.29) is 18.2 Å². The fraction of sp³-hybridized carbons (Fsp3) is 0.350. The van der Waals surface area contributed by atoms with Crippen molar-refractivity contribution in [2.45, 2.75) is 25.5 Å². The van der Waals surface area contributed by atoms with E-state index in [2.05, 4.69) is 0 Å². The van der Waals surface area contributed by atoms with Crippen molar-refractivity contribution in [2.24, 2.45) is 0 Å². The third-order valence-electron chi connectivity index (χ3n) is 4.52. The van der Waals surface area contributed by atoms with Crippen molar-refractivity contribution in [1.29, 1.82) is 0 Å². The zero-order valence-corrected chi connectivity index (χ0v) is 14.8. The molecular weight excluding hydrogens is 318 g/mol. The maximum absolute atomic E-state index is 12.3. The summed E-state index contributed by atoms with van der Waals surface area (Å²) >= 11 is 0. The van der Waals surface area contributed by atoms with Crippen LogP contribution in [-0.4, -0.2) is 37.8 Å². The second-order valence-electron chi connectivity index (χ2n) is 6.18. The highest BCUT2D eigenvalue weighted by Gasteiger charge is 2.35. The molecule has 2 atom stereocenters. The summed E-state index contributed by atoms with van der Waals surface area (Å²) in [5, 5.41) is 0. The summed E-state index contributed by atoms with van der Waals surface area (Å²) in [6.45, 7) is 2.60. The van der Waals surface area contributed by atoms with E-state index in [0.29, 0.717) is 18.0 Å². The Bertz CT molecular complexity index is 732. The second kappa shape index (κ2) is 7.47. The van der Waals surface area contributed by atoms with E-state index in [0.717, 1.165) is 17.5 Å². The molecule has 2 aromatic rings. The van der Waals surface area contributed by atoms with Gasteiger partial charge in [-0.1, -0.05) is 36.4 Å². The highest BCUT2D eigenvalue weighted by atomic mass is 16.6. The Kier molecular flexibility index (Phi) is 5.12. The van der Waals surface area contributed by atoms with Gasteiger partial charge in [-0.05, 0) is 36.6 Å². The number of amides is 1. The normalized spacial score (nSPS) is 18.0. The first kappa shape index (κ1) is 17.1. The molecule has 25 heavy (non-hydrogen) atoms. The van der Waals surface area contributed by atoms with Crippen molar-refractivity contribution in [3.8, 4) is 11.5 Å². The molecule has 5 nitrogen and oxygen atoms in total. The smallest absolute Gasteiger partial charge is 0.410 e. The Morgan fingerprint density at radius 3 is 2.52 bits per heavy atom. The summed E-state index contributed by atoms with van der Waals surface area (Å²) < 4.78 is 16.2. The first-order chi connectivity index (χ1) is 12.1. The number of methoxy groups -OCH3 is 2. The van der Waals surface area contributed by atoms with Crippen molar-refractivity contribution in [1.82, 2.24) is 4.90 Å². The van der Waals surface area contributed by atoms with Gasteiger partial charge >= 0.3 is 6.09 Å². The minimum absolute atomic E-state index is 0.0271. The average Bonchev–Trinajstić information content (AvgIpc) is 3.04. The largest absolute Gasteiger partial charge is 0.493 e. The monoisotopic (exact) mass is 341 g/mol. The van der Waals surface area contributed by atoms with Gasteiger partial charge in [0.05, 0.1) is 20.8 Å². The summed E-state index contributed by atoms with van der Waals surface area (Å²) in [6, 6.07) is 15.7. The Morgan fingerprint density at radius 2 is 1.84 bits per heavy atom. The number of carbonyl (C=O) groups is 1. The third kappa shape index (κ3) is 3.71. The molecule has 1 fully saturated rings. The standard InChI is InChI=1S/C20H23NO4/c1-14(11-15-9-10-17(23-2)18(12-15)24-3)21-13-19(25-20(21)22)16-7-5-4-6-8-16/h4-10,12,14,19H,11,13H2,1-3H3. The molecule has 2 unspecified atom stereocenters. The molecule has 132 valence electrons. The van der Waals surface area contributed by atoms with Crippen LogP contribution in [0.3, 0.4) is 0 Å². The van der Waals surface area contributed by atoms with Gasteiger partial charge in [0.15, 0.2) is 11.5 Å². The number of rotatable bonds is 6. The lowest BCUT2D eigenvalue weighted by molar-refractivity contribution is 0.129. The van der Waals surface area contributed by atoms with Crippen LogP contribution in [0.4, 0.5) is 4.79 Å². The molecular formula is C20H23NO4. The second-order valence-corrected chi connectivity index (χ2v) is 6.18. The van der Waals surface area contributed by atoms with E-state index in [1.165, 1.54) is 0 Å². The highest BCUT2D eigenvalue weighted by molar-refractivity contribution is 5.70. The molecule has 0 radical (unpaired) electrons. The topological polar surface area (TPSA) is 48.0 Å². The van der Waals surface area contributed by atoms with Crippen molar-refractivity contribution in [2.75, 3.05) is 20.8 Å². The number of hydrogen-bond donors (Lipinski definition) is 0. The van der Waals surface area contributed by atoms with Gasteiger partial charge in [-0.25, -0.2) is 4.79 Å². The molecule has 1 saturated heterocycles.